The molecule has 0 spiro atoms. The summed E-state index contributed by atoms with van der Waals surface area (Å²) in [6.45, 7) is 0.949. The van der Waals surface area contributed by atoms with E-state index in [-0.39, 0.29) is 12.4 Å². The van der Waals surface area contributed by atoms with Crippen molar-refractivity contribution in [2.45, 2.75) is 6.54 Å². The second-order valence-electron chi connectivity index (χ2n) is 3.92. The highest BCUT2D eigenvalue weighted by Crippen LogP contribution is 2.10. The molecule has 19 heavy (non-hydrogen) atoms. The fourth-order valence-corrected chi connectivity index (χ4v) is 1.57. The molecule has 0 amide bonds. The van der Waals surface area contributed by atoms with E-state index in [1.165, 1.54) is 18.5 Å². The maximum Gasteiger partial charge on any atom is 0.131 e. The predicted octanol–water partition coefficient (Wildman–Crippen LogP) is 1.63. The van der Waals surface area contributed by atoms with Crippen molar-refractivity contribution >= 4 is 11.6 Å². The van der Waals surface area contributed by atoms with Gasteiger partial charge in [-0.3, -0.25) is 0 Å². The molecule has 2 rings (SSSR count). The number of nitrogens with zero attached hydrogens (tertiary/aromatic N) is 2. The van der Waals surface area contributed by atoms with Gasteiger partial charge in [0.2, 0.25) is 0 Å². The third kappa shape index (κ3) is 4.18. The van der Waals surface area contributed by atoms with E-state index in [1.807, 2.05) is 6.07 Å². The average Bonchev–Trinajstić information content (AvgIpc) is 2.43. The Labute approximate surface area is 110 Å². The maximum atomic E-state index is 13.0. The zero-order valence-electron chi connectivity index (χ0n) is 10.3. The second-order valence-corrected chi connectivity index (χ2v) is 3.92. The predicted molar refractivity (Wildman–Crippen MR) is 71.3 cm³/mol. The number of anilines is 2. The van der Waals surface area contributed by atoms with Crippen molar-refractivity contribution in [1.82, 2.24) is 9.97 Å². The molecule has 0 saturated heterocycles. The lowest BCUT2D eigenvalue weighted by Gasteiger charge is -2.08. The Balaban J connectivity index is 1.95. The minimum absolute atomic E-state index is 0.0378. The van der Waals surface area contributed by atoms with Crippen molar-refractivity contribution in [2.75, 3.05) is 23.8 Å². The Hall–Kier alpha value is -2.21. The zero-order chi connectivity index (χ0) is 13.5. The molecule has 100 valence electrons. The van der Waals surface area contributed by atoms with E-state index in [2.05, 4.69) is 20.6 Å². The van der Waals surface area contributed by atoms with Crippen LogP contribution in [0, 0.1) is 5.82 Å². The number of aliphatic hydroxyl groups excluding tert-OH is 1. The summed E-state index contributed by atoms with van der Waals surface area (Å²) in [5.41, 5.74) is 0.837. The number of nitrogens with one attached hydrogen (secondary N) is 2. The summed E-state index contributed by atoms with van der Waals surface area (Å²) in [6.07, 6.45) is 1.42. The van der Waals surface area contributed by atoms with Crippen molar-refractivity contribution in [3.05, 3.63) is 48.0 Å². The monoisotopic (exact) mass is 262 g/mol. The molecule has 0 aliphatic heterocycles. The molecule has 0 unspecified atom stereocenters. The largest absolute Gasteiger partial charge is 0.395 e. The van der Waals surface area contributed by atoms with Crippen LogP contribution in [0.2, 0.25) is 0 Å². The van der Waals surface area contributed by atoms with Gasteiger partial charge in [-0.05, 0) is 17.7 Å². The van der Waals surface area contributed by atoms with Crippen LogP contribution in [0.25, 0.3) is 0 Å². The number of halogens is 1. The Morgan fingerprint density at radius 3 is 2.63 bits per heavy atom. The van der Waals surface area contributed by atoms with E-state index in [4.69, 9.17) is 5.11 Å². The number of rotatable bonds is 6. The highest BCUT2D eigenvalue weighted by molar-refractivity contribution is 5.46. The summed E-state index contributed by atoms with van der Waals surface area (Å²) in [5, 5.41) is 14.7. The maximum absolute atomic E-state index is 13.0. The molecule has 0 saturated carbocycles. The van der Waals surface area contributed by atoms with Gasteiger partial charge in [0, 0.05) is 19.2 Å². The molecule has 3 N–H and O–H groups in total. The van der Waals surface area contributed by atoms with Crippen LogP contribution in [0.1, 0.15) is 5.56 Å². The number of benzene rings is 1. The molecule has 1 heterocycles. The van der Waals surface area contributed by atoms with Crippen LogP contribution in [0.5, 0.6) is 0 Å². The van der Waals surface area contributed by atoms with Gasteiger partial charge in [0.25, 0.3) is 0 Å². The van der Waals surface area contributed by atoms with Crippen LogP contribution >= 0.6 is 0 Å². The quantitative estimate of drug-likeness (QED) is 0.738. The molecule has 0 radical (unpaired) electrons. The van der Waals surface area contributed by atoms with Crippen molar-refractivity contribution in [3.8, 4) is 0 Å². The summed E-state index contributed by atoms with van der Waals surface area (Å²) in [4.78, 5) is 8.08. The molecule has 2 aromatic rings. The number of hydrogen-bond acceptors (Lipinski definition) is 5. The third-order valence-corrected chi connectivity index (χ3v) is 2.45. The molecule has 0 atom stereocenters. The van der Waals surface area contributed by atoms with Gasteiger partial charge < -0.3 is 15.7 Å². The minimum atomic E-state index is -0.257. The van der Waals surface area contributed by atoms with Gasteiger partial charge in [0.15, 0.2) is 0 Å². The summed E-state index contributed by atoms with van der Waals surface area (Å²) in [6, 6.07) is 8.11. The molecule has 0 aliphatic carbocycles. The summed E-state index contributed by atoms with van der Waals surface area (Å²) < 4.78 is 13.0. The summed E-state index contributed by atoms with van der Waals surface area (Å²) >= 11 is 0. The first-order valence-corrected chi connectivity index (χ1v) is 5.93. The van der Waals surface area contributed by atoms with Crippen LogP contribution in [0.3, 0.4) is 0 Å². The first-order chi connectivity index (χ1) is 9.28. The van der Waals surface area contributed by atoms with Gasteiger partial charge in [0.05, 0.1) is 6.61 Å². The topological polar surface area (TPSA) is 70.1 Å². The molecule has 0 bridgehead atoms. The van der Waals surface area contributed by atoms with Crippen LogP contribution < -0.4 is 10.6 Å². The van der Waals surface area contributed by atoms with Crippen LogP contribution in [0.4, 0.5) is 16.0 Å². The van der Waals surface area contributed by atoms with Crippen molar-refractivity contribution in [3.63, 3.8) is 0 Å². The van der Waals surface area contributed by atoms with Crippen LogP contribution in [-0.4, -0.2) is 28.2 Å². The molecule has 1 aromatic carbocycles. The lowest BCUT2D eigenvalue weighted by Crippen LogP contribution is -2.08. The van der Waals surface area contributed by atoms with E-state index in [1.54, 1.807) is 12.1 Å². The number of aromatic nitrogens is 2. The fourth-order valence-electron chi connectivity index (χ4n) is 1.57. The van der Waals surface area contributed by atoms with E-state index in [0.717, 1.165) is 5.56 Å². The lowest BCUT2D eigenvalue weighted by molar-refractivity contribution is 0.311. The van der Waals surface area contributed by atoms with Crippen LogP contribution in [0.15, 0.2) is 36.7 Å². The van der Waals surface area contributed by atoms with Gasteiger partial charge in [-0.15, -0.1) is 0 Å². The Kier molecular flexibility index (Phi) is 4.63. The van der Waals surface area contributed by atoms with Crippen molar-refractivity contribution in [2.24, 2.45) is 0 Å². The van der Waals surface area contributed by atoms with E-state index >= 15 is 0 Å². The Morgan fingerprint density at radius 2 is 1.89 bits per heavy atom. The van der Waals surface area contributed by atoms with Gasteiger partial charge in [-0.1, -0.05) is 12.1 Å². The molecule has 5 nitrogen and oxygen atoms in total. The fraction of sp³-hybridized carbons (Fsp3) is 0.231. The Bertz CT molecular complexity index is 536. The molecular formula is C13H15FN4O. The van der Waals surface area contributed by atoms with E-state index < -0.39 is 0 Å². The van der Waals surface area contributed by atoms with Crippen molar-refractivity contribution in [1.29, 1.82) is 0 Å². The van der Waals surface area contributed by atoms with Crippen molar-refractivity contribution < 1.29 is 9.50 Å². The molecule has 1 aromatic heterocycles. The molecule has 6 heteroatoms. The SMILES string of the molecule is OCCNc1cc(NCc2cccc(F)c2)ncn1. The summed E-state index contributed by atoms with van der Waals surface area (Å²) in [5.74, 6) is 1.01. The van der Waals surface area contributed by atoms with Crippen LogP contribution in [-0.2, 0) is 6.54 Å². The summed E-state index contributed by atoms with van der Waals surface area (Å²) in [7, 11) is 0. The molecular weight excluding hydrogens is 247 g/mol. The normalized spacial score (nSPS) is 10.2. The lowest BCUT2D eigenvalue weighted by atomic mass is 10.2. The van der Waals surface area contributed by atoms with Gasteiger partial charge in [0.1, 0.15) is 23.8 Å². The highest BCUT2D eigenvalue weighted by atomic mass is 19.1. The second kappa shape index (κ2) is 6.65. The third-order valence-electron chi connectivity index (χ3n) is 2.45. The highest BCUT2D eigenvalue weighted by Gasteiger charge is 1.99. The van der Waals surface area contributed by atoms with Gasteiger partial charge in [-0.25, -0.2) is 14.4 Å². The molecule has 0 aliphatic rings. The first-order valence-electron chi connectivity index (χ1n) is 5.93. The number of hydrogen-bond donors (Lipinski definition) is 3. The standard InChI is InChI=1S/C13H15FN4O/c14-11-3-1-2-10(6-11)8-16-13-7-12(15-4-5-19)17-9-18-13/h1-3,6-7,9,19H,4-5,8H2,(H2,15,16,17,18). The van der Waals surface area contributed by atoms with E-state index in [0.29, 0.717) is 24.7 Å². The van der Waals surface area contributed by atoms with Gasteiger partial charge in [-0.2, -0.15) is 0 Å². The average molecular weight is 262 g/mol. The smallest absolute Gasteiger partial charge is 0.131 e. The Morgan fingerprint density at radius 1 is 1.11 bits per heavy atom. The van der Waals surface area contributed by atoms with Gasteiger partial charge >= 0.3 is 0 Å². The first kappa shape index (κ1) is 13.2. The minimum Gasteiger partial charge on any atom is -0.395 e. The van der Waals surface area contributed by atoms with E-state index in [9.17, 15) is 4.39 Å². The number of aliphatic hydroxyl groups is 1. The zero-order valence-corrected chi connectivity index (χ0v) is 10.3. The molecule has 0 fully saturated rings.